The first-order chi connectivity index (χ1) is 13.2. The van der Waals surface area contributed by atoms with Gasteiger partial charge in [-0.15, -0.1) is 0 Å². The minimum atomic E-state index is 0.0451. The van der Waals surface area contributed by atoms with Gasteiger partial charge in [0, 0.05) is 39.3 Å². The molecule has 0 saturated carbocycles. The van der Waals surface area contributed by atoms with Gasteiger partial charge in [-0.2, -0.15) is 0 Å². The Kier molecular flexibility index (Phi) is 5.77. The lowest BCUT2D eigenvalue weighted by molar-refractivity contribution is -0.138. The van der Waals surface area contributed by atoms with Gasteiger partial charge in [-0.3, -0.25) is 9.80 Å². The zero-order valence-corrected chi connectivity index (χ0v) is 16.3. The standard InChI is InChI=1S/C23H30N2O2/c1-26-22-9-7-21(8-10-22)17-24-13-11-23(12-14-24)19-25(15-16-27-23)18-20-5-3-2-4-6-20/h2-10H,11-19H2,1H3. The van der Waals surface area contributed by atoms with Crippen molar-refractivity contribution in [3.8, 4) is 5.75 Å². The molecule has 2 saturated heterocycles. The van der Waals surface area contributed by atoms with Crippen LogP contribution in [0, 0.1) is 0 Å². The summed E-state index contributed by atoms with van der Waals surface area (Å²) in [6.45, 7) is 7.18. The zero-order valence-electron chi connectivity index (χ0n) is 16.3. The highest BCUT2D eigenvalue weighted by Gasteiger charge is 2.39. The third kappa shape index (κ3) is 4.70. The molecule has 0 amide bonds. The summed E-state index contributed by atoms with van der Waals surface area (Å²) >= 11 is 0. The summed E-state index contributed by atoms with van der Waals surface area (Å²) < 4.78 is 11.6. The van der Waals surface area contributed by atoms with Crippen molar-refractivity contribution in [2.75, 3.05) is 39.9 Å². The van der Waals surface area contributed by atoms with Crippen LogP contribution in [0.1, 0.15) is 24.0 Å². The van der Waals surface area contributed by atoms with E-state index in [1.165, 1.54) is 11.1 Å². The number of benzene rings is 2. The lowest BCUT2D eigenvalue weighted by atomic mass is 9.89. The molecular formula is C23H30N2O2. The Bertz CT molecular complexity index is 709. The quantitative estimate of drug-likeness (QED) is 0.808. The molecule has 2 heterocycles. The molecule has 0 unspecified atom stereocenters. The monoisotopic (exact) mass is 366 g/mol. The number of ether oxygens (including phenoxy) is 2. The molecule has 0 N–H and O–H groups in total. The van der Waals surface area contributed by atoms with Crippen LogP contribution < -0.4 is 4.74 Å². The highest BCUT2D eigenvalue weighted by atomic mass is 16.5. The molecule has 2 aliphatic rings. The van der Waals surface area contributed by atoms with E-state index in [4.69, 9.17) is 9.47 Å². The first-order valence-electron chi connectivity index (χ1n) is 10.0. The van der Waals surface area contributed by atoms with E-state index in [0.29, 0.717) is 0 Å². The maximum absolute atomic E-state index is 6.32. The molecule has 2 fully saturated rings. The lowest BCUT2D eigenvalue weighted by Crippen LogP contribution is -2.56. The molecule has 4 rings (SSSR count). The molecule has 0 aliphatic carbocycles. The Morgan fingerprint density at radius 3 is 2.22 bits per heavy atom. The third-order valence-corrected chi connectivity index (χ3v) is 5.91. The van der Waals surface area contributed by atoms with Crippen LogP contribution in [0.4, 0.5) is 0 Å². The summed E-state index contributed by atoms with van der Waals surface area (Å²) in [6, 6.07) is 19.2. The van der Waals surface area contributed by atoms with E-state index in [1.54, 1.807) is 7.11 Å². The molecule has 144 valence electrons. The van der Waals surface area contributed by atoms with Crippen molar-refractivity contribution in [3.05, 3.63) is 65.7 Å². The largest absolute Gasteiger partial charge is 0.497 e. The second kappa shape index (κ2) is 8.42. The van der Waals surface area contributed by atoms with Crippen molar-refractivity contribution in [3.63, 3.8) is 0 Å². The van der Waals surface area contributed by atoms with Crippen LogP contribution in [0.5, 0.6) is 5.75 Å². The van der Waals surface area contributed by atoms with E-state index in [1.807, 2.05) is 12.1 Å². The Hall–Kier alpha value is -1.88. The van der Waals surface area contributed by atoms with E-state index in [2.05, 4.69) is 52.3 Å². The van der Waals surface area contributed by atoms with Gasteiger partial charge in [-0.25, -0.2) is 0 Å². The highest BCUT2D eigenvalue weighted by molar-refractivity contribution is 5.27. The number of likely N-dealkylation sites (tertiary alicyclic amines) is 1. The molecule has 1 spiro atoms. The molecule has 4 nitrogen and oxygen atoms in total. The zero-order chi connectivity index (χ0) is 18.5. The van der Waals surface area contributed by atoms with Crippen LogP contribution in [0.2, 0.25) is 0 Å². The first kappa shape index (κ1) is 18.5. The van der Waals surface area contributed by atoms with E-state index >= 15 is 0 Å². The van der Waals surface area contributed by atoms with Crippen molar-refractivity contribution >= 4 is 0 Å². The first-order valence-corrected chi connectivity index (χ1v) is 10.0. The van der Waals surface area contributed by atoms with Crippen molar-refractivity contribution in [2.45, 2.75) is 31.5 Å². The van der Waals surface area contributed by atoms with Gasteiger partial charge in [0.05, 0.1) is 19.3 Å². The van der Waals surface area contributed by atoms with Gasteiger partial charge in [-0.05, 0) is 36.1 Å². The van der Waals surface area contributed by atoms with Gasteiger partial charge >= 0.3 is 0 Å². The van der Waals surface area contributed by atoms with Gasteiger partial charge in [0.2, 0.25) is 0 Å². The summed E-state index contributed by atoms with van der Waals surface area (Å²) in [7, 11) is 1.71. The molecule has 2 aromatic carbocycles. The Balaban J connectivity index is 1.30. The number of nitrogens with zero attached hydrogens (tertiary/aromatic N) is 2. The van der Waals surface area contributed by atoms with Crippen LogP contribution in [-0.2, 0) is 17.8 Å². The lowest BCUT2D eigenvalue weighted by Gasteiger charge is -2.47. The molecular weight excluding hydrogens is 336 g/mol. The number of piperidine rings is 1. The van der Waals surface area contributed by atoms with E-state index in [-0.39, 0.29) is 5.60 Å². The predicted octanol–water partition coefficient (Wildman–Crippen LogP) is 3.56. The summed E-state index contributed by atoms with van der Waals surface area (Å²) in [4.78, 5) is 5.12. The third-order valence-electron chi connectivity index (χ3n) is 5.91. The second-order valence-corrected chi connectivity index (χ2v) is 7.85. The summed E-state index contributed by atoms with van der Waals surface area (Å²) in [6.07, 6.45) is 2.24. The SMILES string of the molecule is COc1ccc(CN2CCC3(CC2)CN(Cc2ccccc2)CCO3)cc1. The van der Waals surface area contributed by atoms with Crippen molar-refractivity contribution in [2.24, 2.45) is 0 Å². The molecule has 27 heavy (non-hydrogen) atoms. The van der Waals surface area contributed by atoms with Crippen LogP contribution in [0.25, 0.3) is 0 Å². The van der Waals surface area contributed by atoms with Crippen LogP contribution >= 0.6 is 0 Å². The summed E-state index contributed by atoms with van der Waals surface area (Å²) in [5.74, 6) is 0.922. The predicted molar refractivity (Wildman–Crippen MR) is 108 cm³/mol. The molecule has 0 atom stereocenters. The molecule has 0 aromatic heterocycles. The summed E-state index contributed by atoms with van der Waals surface area (Å²) in [5.41, 5.74) is 2.79. The minimum Gasteiger partial charge on any atom is -0.497 e. The fraction of sp³-hybridized carbons (Fsp3) is 0.478. The van der Waals surface area contributed by atoms with Crippen LogP contribution in [0.15, 0.2) is 54.6 Å². The van der Waals surface area contributed by atoms with Crippen LogP contribution in [0.3, 0.4) is 0 Å². The van der Waals surface area contributed by atoms with E-state index in [9.17, 15) is 0 Å². The fourth-order valence-electron chi connectivity index (χ4n) is 4.31. The Labute approximate surface area is 162 Å². The average Bonchev–Trinajstić information content (AvgIpc) is 2.71. The molecule has 2 aromatic rings. The maximum Gasteiger partial charge on any atom is 0.118 e. The topological polar surface area (TPSA) is 24.9 Å². The number of methoxy groups -OCH3 is 1. The Morgan fingerprint density at radius 2 is 1.52 bits per heavy atom. The van der Waals surface area contributed by atoms with Gasteiger partial charge in [0.25, 0.3) is 0 Å². The minimum absolute atomic E-state index is 0.0451. The molecule has 0 radical (unpaired) electrons. The fourth-order valence-corrected chi connectivity index (χ4v) is 4.31. The van der Waals surface area contributed by atoms with Gasteiger partial charge in [0.15, 0.2) is 0 Å². The van der Waals surface area contributed by atoms with E-state index < -0.39 is 0 Å². The molecule has 2 aliphatic heterocycles. The number of hydrogen-bond donors (Lipinski definition) is 0. The van der Waals surface area contributed by atoms with E-state index in [0.717, 1.165) is 64.5 Å². The van der Waals surface area contributed by atoms with Gasteiger partial charge in [-0.1, -0.05) is 42.5 Å². The molecule has 4 heteroatoms. The van der Waals surface area contributed by atoms with Gasteiger partial charge in [0.1, 0.15) is 5.75 Å². The molecule has 0 bridgehead atoms. The van der Waals surface area contributed by atoms with Crippen molar-refractivity contribution < 1.29 is 9.47 Å². The number of morpholine rings is 1. The normalized spacial score (nSPS) is 20.6. The van der Waals surface area contributed by atoms with Gasteiger partial charge < -0.3 is 9.47 Å². The average molecular weight is 367 g/mol. The smallest absolute Gasteiger partial charge is 0.118 e. The maximum atomic E-state index is 6.32. The highest BCUT2D eigenvalue weighted by Crippen LogP contribution is 2.31. The summed E-state index contributed by atoms with van der Waals surface area (Å²) in [5, 5.41) is 0. The Morgan fingerprint density at radius 1 is 0.852 bits per heavy atom. The van der Waals surface area contributed by atoms with Crippen LogP contribution in [-0.4, -0.2) is 55.3 Å². The second-order valence-electron chi connectivity index (χ2n) is 7.85. The van der Waals surface area contributed by atoms with Crippen molar-refractivity contribution in [1.29, 1.82) is 0 Å². The number of hydrogen-bond acceptors (Lipinski definition) is 4. The number of rotatable bonds is 5. The van der Waals surface area contributed by atoms with Crippen molar-refractivity contribution in [1.82, 2.24) is 9.80 Å².